The fourth-order valence-corrected chi connectivity index (χ4v) is 3.19. The molecule has 1 heterocycles. The molecule has 0 radical (unpaired) electrons. The first-order chi connectivity index (χ1) is 11.5. The van der Waals surface area contributed by atoms with Gasteiger partial charge < -0.3 is 15.2 Å². The number of nitrogens with one attached hydrogen (secondary N) is 1. The van der Waals surface area contributed by atoms with E-state index in [1.165, 1.54) is 0 Å². The minimum absolute atomic E-state index is 0.190. The lowest BCUT2D eigenvalue weighted by Gasteiger charge is -2.29. The highest BCUT2D eigenvalue weighted by atomic mass is 32.1. The summed E-state index contributed by atoms with van der Waals surface area (Å²) < 4.78 is 5.56. The second-order valence-electron chi connectivity index (χ2n) is 5.96. The molecule has 2 rings (SSSR count). The molecule has 0 saturated heterocycles. The number of aromatic nitrogens is 1. The molecule has 0 aliphatic heterocycles. The number of nitrogens with zero attached hydrogens (tertiary/aromatic N) is 2. The van der Waals surface area contributed by atoms with Crippen molar-refractivity contribution in [2.75, 3.05) is 13.2 Å². The number of rotatable bonds is 8. The first-order valence-electron chi connectivity index (χ1n) is 7.95. The van der Waals surface area contributed by atoms with E-state index in [0.29, 0.717) is 17.9 Å². The molecule has 2 N–H and O–H groups in total. The van der Waals surface area contributed by atoms with Gasteiger partial charge in [0.25, 0.3) is 0 Å². The number of nitriles is 1. The molecule has 2 unspecified atom stereocenters. The van der Waals surface area contributed by atoms with Gasteiger partial charge in [-0.2, -0.15) is 5.26 Å². The summed E-state index contributed by atoms with van der Waals surface area (Å²) >= 11 is 1.63. The van der Waals surface area contributed by atoms with Crippen LogP contribution in [-0.4, -0.2) is 29.3 Å². The van der Waals surface area contributed by atoms with Crippen LogP contribution in [0.4, 0.5) is 0 Å². The van der Waals surface area contributed by atoms with Crippen molar-refractivity contribution in [3.8, 4) is 11.8 Å². The van der Waals surface area contributed by atoms with Gasteiger partial charge in [-0.15, -0.1) is 11.3 Å². The normalized spacial score (nSPS) is 14.6. The van der Waals surface area contributed by atoms with Crippen molar-refractivity contribution in [1.82, 2.24) is 10.3 Å². The van der Waals surface area contributed by atoms with Crippen molar-refractivity contribution < 1.29 is 9.84 Å². The Hall–Kier alpha value is -1.94. The summed E-state index contributed by atoms with van der Waals surface area (Å²) in [6.07, 6.45) is 0.246. The maximum atomic E-state index is 10.2. The third-order valence-electron chi connectivity index (χ3n) is 3.95. The van der Waals surface area contributed by atoms with E-state index in [1.54, 1.807) is 35.6 Å². The Balaban J connectivity index is 1.85. The average molecular weight is 345 g/mol. The average Bonchev–Trinajstić information content (AvgIpc) is 3.05. The highest BCUT2D eigenvalue weighted by molar-refractivity contribution is 7.09. The standard InChI is InChI=1S/C18H23N3O2S/c1-4-18(3,17-21-13(2)12-24-17)20-10-15(22)11-23-16-7-5-14(9-19)6-8-16/h5-8,12,15,20,22H,4,10-11H2,1-3H3. The van der Waals surface area contributed by atoms with E-state index in [9.17, 15) is 5.11 Å². The van der Waals surface area contributed by atoms with Gasteiger partial charge in [0.15, 0.2) is 0 Å². The van der Waals surface area contributed by atoms with Gasteiger partial charge in [0.05, 0.1) is 17.2 Å². The van der Waals surface area contributed by atoms with Crippen LogP contribution < -0.4 is 10.1 Å². The van der Waals surface area contributed by atoms with Crippen LogP contribution in [0.3, 0.4) is 0 Å². The van der Waals surface area contributed by atoms with E-state index < -0.39 is 6.10 Å². The Labute approximate surface area is 146 Å². The topological polar surface area (TPSA) is 78.2 Å². The van der Waals surface area contributed by atoms with Crippen molar-refractivity contribution in [2.24, 2.45) is 0 Å². The summed E-state index contributed by atoms with van der Waals surface area (Å²) in [5.41, 5.74) is 1.34. The van der Waals surface area contributed by atoms with Gasteiger partial charge in [0, 0.05) is 17.6 Å². The molecule has 24 heavy (non-hydrogen) atoms. The molecule has 0 aliphatic rings. The smallest absolute Gasteiger partial charge is 0.119 e. The zero-order chi connectivity index (χ0) is 17.6. The maximum Gasteiger partial charge on any atom is 0.119 e. The van der Waals surface area contributed by atoms with Gasteiger partial charge in [0.1, 0.15) is 23.5 Å². The van der Waals surface area contributed by atoms with E-state index in [2.05, 4.69) is 30.2 Å². The van der Waals surface area contributed by atoms with Gasteiger partial charge in [-0.25, -0.2) is 4.98 Å². The Morgan fingerprint density at radius 3 is 2.67 bits per heavy atom. The lowest BCUT2D eigenvalue weighted by molar-refractivity contribution is 0.0969. The molecule has 1 aromatic heterocycles. The lowest BCUT2D eigenvalue weighted by Crippen LogP contribution is -2.44. The van der Waals surface area contributed by atoms with Crippen molar-refractivity contribution in [3.63, 3.8) is 0 Å². The lowest BCUT2D eigenvalue weighted by atomic mass is 9.99. The third-order valence-corrected chi connectivity index (χ3v) is 5.18. The summed E-state index contributed by atoms with van der Waals surface area (Å²) in [7, 11) is 0. The molecule has 128 valence electrons. The second kappa shape index (κ2) is 8.25. The zero-order valence-corrected chi connectivity index (χ0v) is 15.1. The van der Waals surface area contributed by atoms with E-state index in [1.807, 2.05) is 12.3 Å². The molecule has 2 atom stereocenters. The van der Waals surface area contributed by atoms with Gasteiger partial charge in [0.2, 0.25) is 0 Å². The molecule has 0 spiro atoms. The van der Waals surface area contributed by atoms with Crippen LogP contribution in [0.2, 0.25) is 0 Å². The zero-order valence-electron chi connectivity index (χ0n) is 14.2. The summed E-state index contributed by atoms with van der Waals surface area (Å²) in [5.74, 6) is 0.641. The number of benzene rings is 1. The SMILES string of the molecule is CCC(C)(NCC(O)COc1ccc(C#N)cc1)c1nc(C)cs1. The van der Waals surface area contributed by atoms with Gasteiger partial charge in [-0.3, -0.25) is 0 Å². The minimum atomic E-state index is -0.632. The molecule has 6 heteroatoms. The Kier molecular flexibility index (Phi) is 6.32. The monoisotopic (exact) mass is 345 g/mol. The van der Waals surface area contributed by atoms with Crippen LogP contribution in [0.15, 0.2) is 29.6 Å². The summed E-state index contributed by atoms with van der Waals surface area (Å²) in [6, 6.07) is 8.91. The van der Waals surface area contributed by atoms with Crippen LogP contribution in [0.25, 0.3) is 0 Å². The third kappa shape index (κ3) is 4.78. The van der Waals surface area contributed by atoms with E-state index in [4.69, 9.17) is 10.00 Å². The van der Waals surface area contributed by atoms with Gasteiger partial charge in [-0.05, 0) is 44.5 Å². The van der Waals surface area contributed by atoms with Crippen LogP contribution >= 0.6 is 11.3 Å². The molecule has 0 fully saturated rings. The fraction of sp³-hybridized carbons (Fsp3) is 0.444. The Morgan fingerprint density at radius 2 is 2.12 bits per heavy atom. The summed E-state index contributed by atoms with van der Waals surface area (Å²) in [6.45, 7) is 6.79. The number of aliphatic hydroxyl groups excluding tert-OH is 1. The van der Waals surface area contributed by atoms with E-state index in [-0.39, 0.29) is 12.1 Å². The van der Waals surface area contributed by atoms with E-state index >= 15 is 0 Å². The van der Waals surface area contributed by atoms with Crippen molar-refractivity contribution in [3.05, 3.63) is 45.9 Å². The Bertz CT molecular complexity index is 693. The Morgan fingerprint density at radius 1 is 1.42 bits per heavy atom. The van der Waals surface area contributed by atoms with Gasteiger partial charge >= 0.3 is 0 Å². The van der Waals surface area contributed by atoms with Crippen LogP contribution in [0.5, 0.6) is 5.75 Å². The van der Waals surface area contributed by atoms with E-state index in [0.717, 1.165) is 17.1 Å². The molecule has 1 aromatic carbocycles. The van der Waals surface area contributed by atoms with Crippen LogP contribution in [-0.2, 0) is 5.54 Å². The molecule has 0 amide bonds. The molecule has 0 saturated carbocycles. The fourth-order valence-electron chi connectivity index (χ4n) is 2.18. The first kappa shape index (κ1) is 18.4. The first-order valence-corrected chi connectivity index (χ1v) is 8.83. The molecule has 0 aliphatic carbocycles. The summed E-state index contributed by atoms with van der Waals surface area (Å²) in [5, 5.41) is 25.4. The van der Waals surface area contributed by atoms with Crippen molar-refractivity contribution in [1.29, 1.82) is 5.26 Å². The predicted octanol–water partition coefficient (Wildman–Crippen LogP) is 2.98. The highest BCUT2D eigenvalue weighted by Gasteiger charge is 2.28. The quantitative estimate of drug-likeness (QED) is 0.769. The van der Waals surface area contributed by atoms with Crippen LogP contribution in [0, 0.1) is 18.3 Å². The van der Waals surface area contributed by atoms with Gasteiger partial charge in [-0.1, -0.05) is 6.92 Å². The number of hydrogen-bond donors (Lipinski definition) is 2. The number of hydrogen-bond acceptors (Lipinski definition) is 6. The largest absolute Gasteiger partial charge is 0.491 e. The molecule has 0 bridgehead atoms. The molecule has 2 aromatic rings. The summed E-state index contributed by atoms with van der Waals surface area (Å²) in [4.78, 5) is 4.56. The minimum Gasteiger partial charge on any atom is -0.491 e. The number of aryl methyl sites for hydroxylation is 1. The van der Waals surface area contributed by atoms with Crippen molar-refractivity contribution >= 4 is 11.3 Å². The number of ether oxygens (including phenoxy) is 1. The number of thiazole rings is 1. The molecule has 5 nitrogen and oxygen atoms in total. The number of aliphatic hydroxyl groups is 1. The molecular formula is C18H23N3O2S. The predicted molar refractivity (Wildman–Crippen MR) is 95.2 cm³/mol. The molecular weight excluding hydrogens is 322 g/mol. The maximum absolute atomic E-state index is 10.2. The highest BCUT2D eigenvalue weighted by Crippen LogP contribution is 2.27. The van der Waals surface area contributed by atoms with Crippen LogP contribution in [0.1, 0.15) is 36.5 Å². The van der Waals surface area contributed by atoms with Crippen molar-refractivity contribution in [2.45, 2.75) is 38.8 Å². The second-order valence-corrected chi connectivity index (χ2v) is 6.82.